The molecule has 1 aromatic rings. The smallest absolute Gasteiger partial charge is 0.143 e. The third kappa shape index (κ3) is 2.33. The zero-order valence-electron chi connectivity index (χ0n) is 8.73. The van der Waals surface area contributed by atoms with Crippen LogP contribution < -0.4 is 15.2 Å². The highest BCUT2D eigenvalue weighted by molar-refractivity contribution is 5.56. The van der Waals surface area contributed by atoms with Crippen molar-refractivity contribution in [3.8, 4) is 11.5 Å². The van der Waals surface area contributed by atoms with Crippen LogP contribution in [-0.2, 0) is 4.74 Å². The first-order valence-electron chi connectivity index (χ1n) is 4.97. The first-order valence-corrected chi connectivity index (χ1v) is 4.97. The maximum Gasteiger partial charge on any atom is 0.143 e. The number of rotatable bonds is 3. The maximum atomic E-state index is 5.83. The molecule has 0 radical (unpaired) electrons. The van der Waals surface area contributed by atoms with Crippen molar-refractivity contribution in [2.75, 3.05) is 26.1 Å². The van der Waals surface area contributed by atoms with Gasteiger partial charge in [0.1, 0.15) is 17.6 Å². The summed E-state index contributed by atoms with van der Waals surface area (Å²) in [4.78, 5) is 0. The second-order valence-electron chi connectivity index (χ2n) is 3.51. The Balaban J connectivity index is 2.07. The van der Waals surface area contributed by atoms with Crippen molar-refractivity contribution in [1.29, 1.82) is 0 Å². The van der Waals surface area contributed by atoms with Crippen LogP contribution in [0.2, 0.25) is 0 Å². The Hall–Kier alpha value is -1.42. The second-order valence-corrected chi connectivity index (χ2v) is 3.51. The molecule has 1 heterocycles. The third-order valence-electron chi connectivity index (χ3n) is 2.40. The van der Waals surface area contributed by atoms with E-state index < -0.39 is 0 Å². The van der Waals surface area contributed by atoms with E-state index in [2.05, 4.69) is 0 Å². The highest BCUT2D eigenvalue weighted by atomic mass is 16.5. The van der Waals surface area contributed by atoms with Crippen molar-refractivity contribution in [3.63, 3.8) is 0 Å². The average Bonchev–Trinajstić information content (AvgIpc) is 2.74. The van der Waals surface area contributed by atoms with Crippen LogP contribution in [0, 0.1) is 0 Å². The Morgan fingerprint density at radius 1 is 1.47 bits per heavy atom. The highest BCUT2D eigenvalue weighted by Crippen LogP contribution is 2.28. The van der Waals surface area contributed by atoms with Crippen LogP contribution in [0.5, 0.6) is 11.5 Å². The number of benzene rings is 1. The Bertz CT molecular complexity index is 335. The molecule has 4 heteroatoms. The maximum absolute atomic E-state index is 5.83. The number of nitrogens with two attached hydrogens (primary N) is 1. The van der Waals surface area contributed by atoms with Gasteiger partial charge in [-0.15, -0.1) is 0 Å². The van der Waals surface area contributed by atoms with Gasteiger partial charge in [-0.3, -0.25) is 0 Å². The minimum atomic E-state index is 0.126. The van der Waals surface area contributed by atoms with Gasteiger partial charge in [-0.05, 0) is 12.1 Å². The molecule has 0 amide bonds. The van der Waals surface area contributed by atoms with Gasteiger partial charge < -0.3 is 19.9 Å². The van der Waals surface area contributed by atoms with E-state index in [9.17, 15) is 0 Å². The molecule has 0 aliphatic carbocycles. The second kappa shape index (κ2) is 4.40. The quantitative estimate of drug-likeness (QED) is 0.765. The molecule has 1 aromatic carbocycles. The number of hydrogen-bond acceptors (Lipinski definition) is 4. The van der Waals surface area contributed by atoms with E-state index >= 15 is 0 Å². The van der Waals surface area contributed by atoms with Crippen LogP contribution >= 0.6 is 0 Å². The monoisotopic (exact) mass is 209 g/mol. The molecule has 0 saturated carbocycles. The lowest BCUT2D eigenvalue weighted by Gasteiger charge is -2.14. The van der Waals surface area contributed by atoms with Crippen LogP contribution in [0.3, 0.4) is 0 Å². The number of methoxy groups -OCH3 is 1. The van der Waals surface area contributed by atoms with Crippen molar-refractivity contribution in [3.05, 3.63) is 18.2 Å². The SMILES string of the molecule is COc1ccc(OC2CCOC2)c(N)c1. The lowest BCUT2D eigenvalue weighted by molar-refractivity contribution is 0.142. The largest absolute Gasteiger partial charge is 0.497 e. The average molecular weight is 209 g/mol. The summed E-state index contributed by atoms with van der Waals surface area (Å²) >= 11 is 0. The van der Waals surface area contributed by atoms with E-state index in [1.54, 1.807) is 13.2 Å². The standard InChI is InChI=1S/C11H15NO3/c1-13-8-2-3-11(10(12)6-8)15-9-4-5-14-7-9/h2-3,6,9H,4-5,7,12H2,1H3. The molecule has 2 N–H and O–H groups in total. The van der Waals surface area contributed by atoms with Crippen LogP contribution in [0.1, 0.15) is 6.42 Å². The fourth-order valence-corrected chi connectivity index (χ4v) is 1.55. The Kier molecular flexibility index (Phi) is 2.97. The minimum Gasteiger partial charge on any atom is -0.497 e. The van der Waals surface area contributed by atoms with Crippen molar-refractivity contribution in [2.24, 2.45) is 0 Å². The van der Waals surface area contributed by atoms with E-state index in [-0.39, 0.29) is 6.10 Å². The van der Waals surface area contributed by atoms with Crippen molar-refractivity contribution in [1.82, 2.24) is 0 Å². The van der Waals surface area contributed by atoms with E-state index in [0.717, 1.165) is 18.8 Å². The van der Waals surface area contributed by atoms with E-state index in [0.29, 0.717) is 18.0 Å². The van der Waals surface area contributed by atoms with Crippen LogP contribution in [-0.4, -0.2) is 26.4 Å². The number of nitrogen functional groups attached to an aromatic ring is 1. The van der Waals surface area contributed by atoms with Crippen LogP contribution in [0.15, 0.2) is 18.2 Å². The Morgan fingerprint density at radius 2 is 2.33 bits per heavy atom. The summed E-state index contributed by atoms with van der Waals surface area (Å²) in [7, 11) is 1.61. The van der Waals surface area contributed by atoms with E-state index in [1.165, 1.54) is 0 Å². The van der Waals surface area contributed by atoms with Gasteiger partial charge in [0, 0.05) is 12.5 Å². The highest BCUT2D eigenvalue weighted by Gasteiger charge is 2.18. The molecule has 1 fully saturated rings. The van der Waals surface area contributed by atoms with E-state index in [4.69, 9.17) is 19.9 Å². The van der Waals surface area contributed by atoms with Gasteiger partial charge in [-0.1, -0.05) is 0 Å². The van der Waals surface area contributed by atoms with Gasteiger partial charge in [0.25, 0.3) is 0 Å². The van der Waals surface area contributed by atoms with Gasteiger partial charge >= 0.3 is 0 Å². The fraction of sp³-hybridized carbons (Fsp3) is 0.455. The van der Waals surface area contributed by atoms with Gasteiger partial charge in [0.05, 0.1) is 26.0 Å². The summed E-state index contributed by atoms with van der Waals surface area (Å²) in [6, 6.07) is 5.42. The fourth-order valence-electron chi connectivity index (χ4n) is 1.55. The molecule has 1 atom stereocenters. The topological polar surface area (TPSA) is 53.7 Å². The molecule has 1 aliphatic heterocycles. The predicted molar refractivity (Wildman–Crippen MR) is 57.3 cm³/mol. The van der Waals surface area contributed by atoms with Crippen molar-refractivity contribution >= 4 is 5.69 Å². The molecule has 1 aliphatic rings. The Morgan fingerprint density at radius 3 is 2.93 bits per heavy atom. The molecule has 0 spiro atoms. The third-order valence-corrected chi connectivity index (χ3v) is 2.40. The predicted octanol–water partition coefficient (Wildman–Crippen LogP) is 1.45. The van der Waals surface area contributed by atoms with Gasteiger partial charge in [-0.2, -0.15) is 0 Å². The van der Waals surface area contributed by atoms with Gasteiger partial charge in [-0.25, -0.2) is 0 Å². The molecule has 2 rings (SSSR count). The molecular formula is C11H15NO3. The van der Waals surface area contributed by atoms with E-state index in [1.807, 2.05) is 12.1 Å². The normalized spacial score (nSPS) is 20.2. The lowest BCUT2D eigenvalue weighted by Crippen LogP contribution is -2.16. The number of hydrogen-bond donors (Lipinski definition) is 1. The molecule has 0 bridgehead atoms. The summed E-state index contributed by atoms with van der Waals surface area (Å²) in [6.07, 6.45) is 1.05. The molecule has 15 heavy (non-hydrogen) atoms. The molecule has 82 valence electrons. The molecular weight excluding hydrogens is 194 g/mol. The molecule has 4 nitrogen and oxygen atoms in total. The molecule has 0 aromatic heterocycles. The minimum absolute atomic E-state index is 0.126. The zero-order chi connectivity index (χ0) is 10.7. The molecule has 1 unspecified atom stereocenters. The summed E-state index contributed by atoms with van der Waals surface area (Å²) in [6.45, 7) is 1.41. The lowest BCUT2D eigenvalue weighted by atomic mass is 10.2. The van der Waals surface area contributed by atoms with Crippen molar-refractivity contribution < 1.29 is 14.2 Å². The summed E-state index contributed by atoms with van der Waals surface area (Å²) < 4.78 is 16.0. The van der Waals surface area contributed by atoms with Crippen LogP contribution in [0.25, 0.3) is 0 Å². The van der Waals surface area contributed by atoms with Gasteiger partial charge in [0.15, 0.2) is 0 Å². The van der Waals surface area contributed by atoms with Crippen LogP contribution in [0.4, 0.5) is 5.69 Å². The molecule has 1 saturated heterocycles. The van der Waals surface area contributed by atoms with Gasteiger partial charge in [0.2, 0.25) is 0 Å². The number of ether oxygens (including phenoxy) is 3. The van der Waals surface area contributed by atoms with Crippen molar-refractivity contribution in [2.45, 2.75) is 12.5 Å². The summed E-state index contributed by atoms with van der Waals surface area (Å²) in [5, 5.41) is 0. The Labute approximate surface area is 88.9 Å². The zero-order valence-corrected chi connectivity index (χ0v) is 8.73. The summed E-state index contributed by atoms with van der Waals surface area (Å²) in [5.41, 5.74) is 6.43. The first-order chi connectivity index (χ1) is 7.29. The first kappa shape index (κ1) is 10.1. The number of anilines is 1. The summed E-state index contributed by atoms with van der Waals surface area (Å²) in [5.74, 6) is 1.44.